The van der Waals surface area contributed by atoms with Crippen LogP contribution in [0.2, 0.25) is 0 Å². The summed E-state index contributed by atoms with van der Waals surface area (Å²) in [5.74, 6) is -2.93. The Bertz CT molecular complexity index is 1290. The van der Waals surface area contributed by atoms with Crippen LogP contribution in [0.1, 0.15) is 88.0 Å². The van der Waals surface area contributed by atoms with Crippen molar-refractivity contribution in [2.24, 2.45) is 35.5 Å². The molecule has 1 fully saturated rings. The van der Waals surface area contributed by atoms with Crippen molar-refractivity contribution in [3.05, 3.63) is 47.3 Å². The number of carbonyl (C=O) groups is 2. The molecule has 10 heteroatoms. The number of cyclic esters (lactones) is 1. The van der Waals surface area contributed by atoms with Gasteiger partial charge in [-0.25, -0.2) is 4.79 Å². The number of aliphatic hydroxyl groups is 3. The maximum absolute atomic E-state index is 13.6. The van der Waals surface area contributed by atoms with Gasteiger partial charge in [0, 0.05) is 43.6 Å². The molecule has 50 heavy (non-hydrogen) atoms. The van der Waals surface area contributed by atoms with Gasteiger partial charge in [0.25, 0.3) is 0 Å². The molecular weight excluding hydrogens is 640 g/mol. The fourth-order valence-electron chi connectivity index (χ4n) is 7.07. The smallest absolute Gasteiger partial charge is 0.373 e. The van der Waals surface area contributed by atoms with E-state index in [2.05, 4.69) is 5.92 Å². The van der Waals surface area contributed by atoms with Crippen LogP contribution in [-0.4, -0.2) is 83.9 Å². The Kier molecular flexibility index (Phi) is 17.0. The van der Waals surface area contributed by atoms with E-state index in [-0.39, 0.29) is 48.7 Å². The Labute approximate surface area is 299 Å². The fourth-order valence-corrected chi connectivity index (χ4v) is 7.07. The van der Waals surface area contributed by atoms with Crippen LogP contribution in [-0.2, 0) is 33.3 Å². The number of terminal acetylenes is 1. The number of ether oxygens (including phenoxy) is 5. The van der Waals surface area contributed by atoms with Crippen molar-refractivity contribution in [2.45, 2.75) is 130 Å². The molecule has 12 atom stereocenters. The van der Waals surface area contributed by atoms with E-state index < -0.39 is 66.2 Å². The highest BCUT2D eigenvalue weighted by atomic mass is 16.6. The summed E-state index contributed by atoms with van der Waals surface area (Å²) in [6.45, 7) is 16.9. The number of hydrogen-bond acceptors (Lipinski definition) is 10. The molecule has 282 valence electrons. The summed E-state index contributed by atoms with van der Waals surface area (Å²) in [7, 11) is 2.85. The van der Waals surface area contributed by atoms with Crippen LogP contribution in [0, 0.1) is 47.9 Å². The summed E-state index contributed by atoms with van der Waals surface area (Å²) in [6, 6.07) is 0. The van der Waals surface area contributed by atoms with Crippen molar-refractivity contribution in [3.8, 4) is 12.3 Å². The Morgan fingerprint density at radius 3 is 2.38 bits per heavy atom. The zero-order valence-corrected chi connectivity index (χ0v) is 31.9. The number of rotatable bonds is 10. The summed E-state index contributed by atoms with van der Waals surface area (Å²) >= 11 is 0. The van der Waals surface area contributed by atoms with E-state index in [0.29, 0.717) is 12.0 Å². The normalized spacial score (nSPS) is 37.3. The Balaban J connectivity index is 2.54. The van der Waals surface area contributed by atoms with Crippen molar-refractivity contribution >= 4 is 11.9 Å². The fraction of sp³-hybridized carbons (Fsp3) is 0.700. The Morgan fingerprint density at radius 2 is 1.80 bits per heavy atom. The lowest BCUT2D eigenvalue weighted by Crippen LogP contribution is -2.59. The summed E-state index contributed by atoms with van der Waals surface area (Å²) < 4.78 is 29.5. The molecule has 10 nitrogen and oxygen atoms in total. The number of methoxy groups -OCH3 is 2. The largest absolute Gasteiger partial charge is 0.490 e. The standard InChI is InChI=1S/C40H62O10/c1-13-14-18-34(41)48-33-22-40(45,50-37(23(2)3)28(33)8)30(10)36(43)29(9)38-31(46-11)17-15-16-24(4)19-26(6)35(42)27(7)20-25(5)21-32(47-12)39(44)49-38/h1,15-17,20-21,23,26-31,33,35-38,42-43,45H,14,18-19,22H2,2-12H3/b17-15+,24-16+,25-20+,32-21-/t26-,27+,28-,29-,30-,31-,33+,35-,36+,37-,38+,40+/m0/s1. The summed E-state index contributed by atoms with van der Waals surface area (Å²) in [5, 5.41) is 35.0. The predicted molar refractivity (Wildman–Crippen MR) is 192 cm³/mol. The molecule has 0 aromatic carbocycles. The molecule has 0 aromatic heterocycles. The third-order valence-electron chi connectivity index (χ3n) is 10.2. The van der Waals surface area contributed by atoms with Crippen LogP contribution < -0.4 is 0 Å². The monoisotopic (exact) mass is 702 g/mol. The third kappa shape index (κ3) is 11.5. The van der Waals surface area contributed by atoms with Gasteiger partial charge in [-0.2, -0.15) is 0 Å². The van der Waals surface area contributed by atoms with Gasteiger partial charge in [-0.05, 0) is 38.2 Å². The summed E-state index contributed by atoms with van der Waals surface area (Å²) in [6.07, 6.45) is 10.3. The lowest BCUT2D eigenvalue weighted by atomic mass is 9.76. The van der Waals surface area contributed by atoms with Crippen molar-refractivity contribution in [2.75, 3.05) is 14.2 Å². The second-order valence-electron chi connectivity index (χ2n) is 14.7. The van der Waals surface area contributed by atoms with E-state index in [1.54, 1.807) is 26.0 Å². The molecule has 0 bridgehead atoms. The van der Waals surface area contributed by atoms with Crippen molar-refractivity contribution in [1.29, 1.82) is 0 Å². The first kappa shape index (κ1) is 43.2. The first-order valence-corrected chi connectivity index (χ1v) is 17.8. The molecular formula is C40H62O10. The molecule has 0 amide bonds. The van der Waals surface area contributed by atoms with Crippen LogP contribution in [0.4, 0.5) is 0 Å². The molecule has 0 aliphatic carbocycles. The van der Waals surface area contributed by atoms with Gasteiger partial charge in [-0.3, -0.25) is 4.79 Å². The number of allylic oxidation sites excluding steroid dienone is 5. The van der Waals surface area contributed by atoms with E-state index in [9.17, 15) is 24.9 Å². The molecule has 1 saturated heterocycles. The first-order chi connectivity index (χ1) is 23.4. The van der Waals surface area contributed by atoms with Gasteiger partial charge in [0.15, 0.2) is 5.79 Å². The van der Waals surface area contributed by atoms with E-state index >= 15 is 0 Å². The molecule has 0 radical (unpaired) electrons. The highest BCUT2D eigenvalue weighted by molar-refractivity contribution is 5.87. The number of hydrogen-bond donors (Lipinski definition) is 3. The van der Waals surface area contributed by atoms with Gasteiger partial charge in [-0.15, -0.1) is 12.3 Å². The third-order valence-corrected chi connectivity index (χ3v) is 10.2. The van der Waals surface area contributed by atoms with Crippen LogP contribution in [0.5, 0.6) is 0 Å². The van der Waals surface area contributed by atoms with Gasteiger partial charge < -0.3 is 39.0 Å². The van der Waals surface area contributed by atoms with Gasteiger partial charge in [-0.1, -0.05) is 83.9 Å². The van der Waals surface area contributed by atoms with E-state index in [4.69, 9.17) is 30.1 Å². The first-order valence-electron chi connectivity index (χ1n) is 17.8. The second-order valence-corrected chi connectivity index (χ2v) is 14.7. The number of aliphatic hydroxyl groups excluding tert-OH is 2. The highest BCUT2D eigenvalue weighted by Gasteiger charge is 2.53. The van der Waals surface area contributed by atoms with Crippen LogP contribution in [0.15, 0.2) is 47.3 Å². The average molecular weight is 703 g/mol. The summed E-state index contributed by atoms with van der Waals surface area (Å²) in [5.41, 5.74) is 1.75. The van der Waals surface area contributed by atoms with Crippen LogP contribution >= 0.6 is 0 Å². The second kappa shape index (κ2) is 19.6. The average Bonchev–Trinajstić information content (AvgIpc) is 3.06. The van der Waals surface area contributed by atoms with Gasteiger partial charge >= 0.3 is 11.9 Å². The molecule has 2 aliphatic heterocycles. The molecule has 2 rings (SSSR count). The predicted octanol–water partition coefficient (Wildman–Crippen LogP) is 5.66. The zero-order chi connectivity index (χ0) is 37.9. The van der Waals surface area contributed by atoms with Crippen molar-refractivity contribution < 1.29 is 48.6 Å². The van der Waals surface area contributed by atoms with E-state index in [1.165, 1.54) is 14.2 Å². The maximum Gasteiger partial charge on any atom is 0.373 e. The van der Waals surface area contributed by atoms with Gasteiger partial charge in [0.2, 0.25) is 5.76 Å². The topological polar surface area (TPSA) is 141 Å². The number of carbonyl (C=O) groups excluding carboxylic acids is 2. The Hall–Kier alpha value is -2.94. The number of esters is 2. The molecule has 0 unspecified atom stereocenters. The Morgan fingerprint density at radius 1 is 1.14 bits per heavy atom. The van der Waals surface area contributed by atoms with Crippen molar-refractivity contribution in [1.82, 2.24) is 0 Å². The van der Waals surface area contributed by atoms with Crippen LogP contribution in [0.3, 0.4) is 0 Å². The quantitative estimate of drug-likeness (QED) is 0.193. The minimum atomic E-state index is -1.88. The molecule has 0 aromatic rings. The lowest BCUT2D eigenvalue weighted by Gasteiger charge is -2.50. The SMILES string of the molecule is C#CCCC(=O)O[C@@H]1C[C@](O)([C@@H](C)[C@H](O)[C@H](C)[C@H]2OC(=O)/C(OC)=C/C(C)=C/[C@@H](C)[C@@H](O)[C@@H](C)C/C(C)=C/C=C/[C@@H]2OC)O[C@@H](C(C)C)[C@H]1C. The highest BCUT2D eigenvalue weighted by Crippen LogP contribution is 2.42. The lowest BCUT2D eigenvalue weighted by molar-refractivity contribution is -0.329. The minimum absolute atomic E-state index is 0.0257. The molecule has 3 N–H and O–H groups in total. The summed E-state index contributed by atoms with van der Waals surface area (Å²) in [4.78, 5) is 26.2. The van der Waals surface area contributed by atoms with E-state index in [1.807, 2.05) is 66.7 Å². The van der Waals surface area contributed by atoms with Crippen molar-refractivity contribution in [3.63, 3.8) is 0 Å². The van der Waals surface area contributed by atoms with Gasteiger partial charge in [0.05, 0.1) is 31.8 Å². The molecule has 0 spiro atoms. The maximum atomic E-state index is 13.6. The molecule has 0 saturated carbocycles. The minimum Gasteiger partial charge on any atom is -0.490 e. The van der Waals surface area contributed by atoms with Crippen LogP contribution in [0.25, 0.3) is 0 Å². The van der Waals surface area contributed by atoms with Gasteiger partial charge in [0.1, 0.15) is 18.3 Å². The van der Waals surface area contributed by atoms with E-state index in [0.717, 1.165) is 5.57 Å². The molecule has 2 aliphatic rings. The molecule has 2 heterocycles. The zero-order valence-electron chi connectivity index (χ0n) is 31.9.